The van der Waals surface area contributed by atoms with Crippen molar-refractivity contribution in [1.82, 2.24) is 5.06 Å². The van der Waals surface area contributed by atoms with Crippen LogP contribution in [0.3, 0.4) is 0 Å². The van der Waals surface area contributed by atoms with Crippen LogP contribution < -0.4 is 10.1 Å². The lowest BCUT2D eigenvalue weighted by molar-refractivity contribution is -0.0598. The highest BCUT2D eigenvalue weighted by Crippen LogP contribution is 2.18. The third-order valence-corrected chi connectivity index (χ3v) is 3.24. The summed E-state index contributed by atoms with van der Waals surface area (Å²) in [6.07, 6.45) is 0.725. The van der Waals surface area contributed by atoms with E-state index in [4.69, 9.17) is 9.57 Å². The number of carbonyl (C=O) groups excluding carboxylic acids is 1. The molecule has 0 spiro atoms. The minimum atomic E-state index is -0.367. The molecular formula is C17H20N2O4. The molecule has 6 heteroatoms. The van der Waals surface area contributed by atoms with E-state index in [9.17, 15) is 9.90 Å². The molecule has 0 unspecified atom stereocenters. The fourth-order valence-electron chi connectivity index (χ4n) is 1.90. The van der Waals surface area contributed by atoms with Crippen molar-refractivity contribution in [3.05, 3.63) is 54.1 Å². The third kappa shape index (κ3) is 5.19. The molecule has 0 radical (unpaired) electrons. The standard InChI is InChI=1S/C17H20N2O4/c1-19(22-2)17(21)18-14-4-3-5-16(12-14)23-11-10-13-6-8-15(20)9-7-13/h3-9,12,20H,10-11H2,1-2H3,(H,18,21). The fraction of sp³-hybridized carbons (Fsp3) is 0.235. The zero-order chi connectivity index (χ0) is 16.7. The number of phenolic OH excluding ortho intramolecular Hbond substituents is 1. The van der Waals surface area contributed by atoms with Crippen LogP contribution in [0.15, 0.2) is 48.5 Å². The molecule has 0 fully saturated rings. The predicted molar refractivity (Wildman–Crippen MR) is 87.5 cm³/mol. The van der Waals surface area contributed by atoms with Crippen molar-refractivity contribution in [2.24, 2.45) is 0 Å². The first-order valence-electron chi connectivity index (χ1n) is 7.18. The quantitative estimate of drug-likeness (QED) is 0.804. The van der Waals surface area contributed by atoms with Gasteiger partial charge in [0, 0.05) is 25.2 Å². The molecule has 2 aromatic carbocycles. The average molecular weight is 316 g/mol. The van der Waals surface area contributed by atoms with Gasteiger partial charge in [-0.2, -0.15) is 0 Å². The largest absolute Gasteiger partial charge is 0.508 e. The molecule has 2 aromatic rings. The van der Waals surface area contributed by atoms with E-state index in [0.717, 1.165) is 17.0 Å². The van der Waals surface area contributed by atoms with Gasteiger partial charge in [-0.3, -0.25) is 4.84 Å². The molecule has 2 N–H and O–H groups in total. The smallest absolute Gasteiger partial charge is 0.345 e. The lowest BCUT2D eigenvalue weighted by Gasteiger charge is -2.15. The van der Waals surface area contributed by atoms with Crippen molar-refractivity contribution in [1.29, 1.82) is 0 Å². The molecule has 23 heavy (non-hydrogen) atoms. The van der Waals surface area contributed by atoms with Gasteiger partial charge in [0.25, 0.3) is 0 Å². The Morgan fingerprint density at radius 1 is 1.22 bits per heavy atom. The van der Waals surface area contributed by atoms with E-state index in [1.54, 1.807) is 30.3 Å². The molecular weight excluding hydrogens is 296 g/mol. The molecule has 0 aliphatic heterocycles. The van der Waals surface area contributed by atoms with Gasteiger partial charge in [-0.1, -0.05) is 18.2 Å². The van der Waals surface area contributed by atoms with E-state index >= 15 is 0 Å². The summed E-state index contributed by atoms with van der Waals surface area (Å²) < 4.78 is 5.69. The van der Waals surface area contributed by atoms with Crippen molar-refractivity contribution in [3.8, 4) is 11.5 Å². The zero-order valence-corrected chi connectivity index (χ0v) is 13.2. The first kappa shape index (κ1) is 16.6. The van der Waals surface area contributed by atoms with Crippen LogP contribution in [0.1, 0.15) is 5.56 Å². The summed E-state index contributed by atoms with van der Waals surface area (Å²) in [7, 11) is 2.94. The summed E-state index contributed by atoms with van der Waals surface area (Å²) in [6.45, 7) is 0.500. The molecule has 0 heterocycles. The Kier molecular flexibility index (Phi) is 5.82. The Labute approximate surface area is 135 Å². The van der Waals surface area contributed by atoms with Crippen molar-refractivity contribution >= 4 is 11.7 Å². The SMILES string of the molecule is CON(C)C(=O)Nc1cccc(OCCc2ccc(O)cc2)c1. The molecule has 0 aliphatic rings. The van der Waals surface area contributed by atoms with Crippen LogP contribution in [0.2, 0.25) is 0 Å². The second kappa shape index (κ2) is 8.05. The lowest BCUT2D eigenvalue weighted by Crippen LogP contribution is -2.30. The van der Waals surface area contributed by atoms with Gasteiger partial charge in [0.1, 0.15) is 11.5 Å². The molecule has 0 atom stereocenters. The minimum absolute atomic E-state index is 0.249. The van der Waals surface area contributed by atoms with E-state index in [2.05, 4.69) is 5.32 Å². The van der Waals surface area contributed by atoms with Crippen molar-refractivity contribution in [2.75, 3.05) is 26.1 Å². The van der Waals surface area contributed by atoms with Gasteiger partial charge in [0.05, 0.1) is 13.7 Å². The van der Waals surface area contributed by atoms with Gasteiger partial charge in [-0.25, -0.2) is 9.86 Å². The molecule has 6 nitrogen and oxygen atoms in total. The summed E-state index contributed by atoms with van der Waals surface area (Å²) in [5.74, 6) is 0.917. The first-order valence-corrected chi connectivity index (χ1v) is 7.18. The number of hydrogen-bond donors (Lipinski definition) is 2. The van der Waals surface area contributed by atoms with E-state index in [1.165, 1.54) is 14.2 Å². The Hall–Kier alpha value is -2.73. The number of benzene rings is 2. The van der Waals surface area contributed by atoms with Gasteiger partial charge in [0.2, 0.25) is 0 Å². The molecule has 122 valence electrons. The Balaban J connectivity index is 1.87. The summed E-state index contributed by atoms with van der Waals surface area (Å²) in [5.41, 5.74) is 1.70. The molecule has 0 bridgehead atoms. The van der Waals surface area contributed by atoms with Crippen LogP contribution in [0, 0.1) is 0 Å². The second-order valence-corrected chi connectivity index (χ2v) is 4.90. The third-order valence-electron chi connectivity index (χ3n) is 3.24. The van der Waals surface area contributed by atoms with E-state index in [1.807, 2.05) is 18.2 Å². The van der Waals surface area contributed by atoms with Gasteiger partial charge in [0.15, 0.2) is 0 Å². The van der Waals surface area contributed by atoms with E-state index in [0.29, 0.717) is 18.0 Å². The number of nitrogens with zero attached hydrogens (tertiary/aromatic N) is 1. The van der Waals surface area contributed by atoms with Crippen LogP contribution in [0.5, 0.6) is 11.5 Å². The maximum absolute atomic E-state index is 11.7. The Bertz CT molecular complexity index is 643. The summed E-state index contributed by atoms with van der Waals surface area (Å²) in [4.78, 5) is 16.5. The monoisotopic (exact) mass is 316 g/mol. The number of amides is 2. The normalized spacial score (nSPS) is 10.2. The molecule has 0 aromatic heterocycles. The van der Waals surface area contributed by atoms with E-state index < -0.39 is 0 Å². The van der Waals surface area contributed by atoms with Crippen molar-refractivity contribution in [2.45, 2.75) is 6.42 Å². The maximum Gasteiger partial charge on any atom is 0.345 e. The molecule has 2 rings (SSSR count). The number of ether oxygens (including phenoxy) is 1. The topological polar surface area (TPSA) is 71.0 Å². The highest BCUT2D eigenvalue weighted by molar-refractivity contribution is 5.88. The average Bonchev–Trinajstić information content (AvgIpc) is 2.56. The number of anilines is 1. The predicted octanol–water partition coefficient (Wildman–Crippen LogP) is 3.04. The summed E-state index contributed by atoms with van der Waals surface area (Å²) in [5, 5.41) is 13.0. The highest BCUT2D eigenvalue weighted by Gasteiger charge is 2.08. The van der Waals surface area contributed by atoms with Gasteiger partial charge >= 0.3 is 6.03 Å². The highest BCUT2D eigenvalue weighted by atomic mass is 16.7. The zero-order valence-electron chi connectivity index (χ0n) is 13.2. The number of carbonyl (C=O) groups is 1. The maximum atomic E-state index is 11.7. The Morgan fingerprint density at radius 2 is 1.96 bits per heavy atom. The second-order valence-electron chi connectivity index (χ2n) is 4.90. The molecule has 0 saturated heterocycles. The van der Waals surface area contributed by atoms with Crippen molar-refractivity contribution < 1.29 is 19.5 Å². The number of hydroxylamine groups is 2. The number of hydrogen-bond acceptors (Lipinski definition) is 4. The van der Waals surface area contributed by atoms with Crippen LogP contribution >= 0.6 is 0 Å². The number of aromatic hydroxyl groups is 1. The molecule has 0 saturated carbocycles. The van der Waals surface area contributed by atoms with Crippen LogP contribution in [0.25, 0.3) is 0 Å². The Morgan fingerprint density at radius 3 is 2.65 bits per heavy atom. The number of rotatable bonds is 6. The van der Waals surface area contributed by atoms with Crippen LogP contribution in [0.4, 0.5) is 10.5 Å². The number of phenols is 1. The van der Waals surface area contributed by atoms with Gasteiger partial charge in [-0.05, 0) is 29.8 Å². The number of urea groups is 1. The number of nitrogens with one attached hydrogen (secondary N) is 1. The minimum Gasteiger partial charge on any atom is -0.508 e. The van der Waals surface area contributed by atoms with Crippen LogP contribution in [-0.2, 0) is 11.3 Å². The lowest BCUT2D eigenvalue weighted by atomic mass is 10.1. The fourth-order valence-corrected chi connectivity index (χ4v) is 1.90. The molecule has 0 aliphatic carbocycles. The van der Waals surface area contributed by atoms with Gasteiger partial charge in [-0.15, -0.1) is 0 Å². The van der Waals surface area contributed by atoms with E-state index in [-0.39, 0.29) is 11.8 Å². The van der Waals surface area contributed by atoms with Crippen molar-refractivity contribution in [3.63, 3.8) is 0 Å². The van der Waals surface area contributed by atoms with Crippen LogP contribution in [-0.4, -0.2) is 37.0 Å². The first-order chi connectivity index (χ1) is 11.1. The van der Waals surface area contributed by atoms with Gasteiger partial charge < -0.3 is 15.2 Å². The summed E-state index contributed by atoms with van der Waals surface area (Å²) >= 11 is 0. The molecule has 2 amide bonds. The summed E-state index contributed by atoms with van der Waals surface area (Å²) in [6, 6.07) is 13.8.